The number of benzene rings is 1. The van der Waals surface area contributed by atoms with Gasteiger partial charge in [-0.05, 0) is 24.6 Å². The molecule has 0 radical (unpaired) electrons. The second-order valence-corrected chi connectivity index (χ2v) is 5.52. The second-order valence-electron chi connectivity index (χ2n) is 5.52. The molecule has 0 fully saturated rings. The van der Waals surface area contributed by atoms with Gasteiger partial charge in [0.15, 0.2) is 0 Å². The van der Waals surface area contributed by atoms with E-state index in [9.17, 15) is 13.2 Å². The number of alkyl halides is 3. The Morgan fingerprint density at radius 3 is 2.33 bits per heavy atom. The van der Waals surface area contributed by atoms with E-state index in [0.717, 1.165) is 6.07 Å². The standard InChI is InChI=1S/C15H23F3N2O/c1-10(2)19-8-12-5-6-13(20(4)11(3)9-21)7-14(12)15(16,17)18/h5-7,10-11,19,21H,8-9H2,1-4H3. The Morgan fingerprint density at radius 2 is 1.86 bits per heavy atom. The molecule has 2 N–H and O–H groups in total. The summed E-state index contributed by atoms with van der Waals surface area (Å²) in [6.07, 6.45) is -4.40. The highest BCUT2D eigenvalue weighted by Crippen LogP contribution is 2.34. The lowest BCUT2D eigenvalue weighted by Gasteiger charge is -2.27. The van der Waals surface area contributed by atoms with Crippen molar-refractivity contribution in [2.24, 2.45) is 0 Å². The molecule has 1 aromatic carbocycles. The summed E-state index contributed by atoms with van der Waals surface area (Å²) < 4.78 is 39.6. The number of nitrogens with zero attached hydrogens (tertiary/aromatic N) is 1. The zero-order valence-corrected chi connectivity index (χ0v) is 12.8. The van der Waals surface area contributed by atoms with Gasteiger partial charge in [-0.15, -0.1) is 0 Å². The highest BCUT2D eigenvalue weighted by Gasteiger charge is 2.33. The summed E-state index contributed by atoms with van der Waals surface area (Å²) in [6, 6.07) is 4.16. The molecule has 1 atom stereocenters. The first-order valence-corrected chi connectivity index (χ1v) is 6.94. The van der Waals surface area contributed by atoms with E-state index >= 15 is 0 Å². The molecule has 1 unspecified atom stereocenters. The van der Waals surface area contributed by atoms with Gasteiger partial charge < -0.3 is 15.3 Å². The van der Waals surface area contributed by atoms with Gasteiger partial charge in [-0.2, -0.15) is 13.2 Å². The summed E-state index contributed by atoms with van der Waals surface area (Å²) in [6.45, 7) is 5.58. The van der Waals surface area contributed by atoms with Crippen molar-refractivity contribution < 1.29 is 18.3 Å². The Labute approximate surface area is 123 Å². The number of rotatable bonds is 6. The van der Waals surface area contributed by atoms with Gasteiger partial charge in [-0.25, -0.2) is 0 Å². The third-order valence-electron chi connectivity index (χ3n) is 3.43. The van der Waals surface area contributed by atoms with Crippen molar-refractivity contribution in [1.29, 1.82) is 0 Å². The van der Waals surface area contributed by atoms with Crippen molar-refractivity contribution in [2.45, 2.75) is 45.6 Å². The Morgan fingerprint density at radius 1 is 1.24 bits per heavy atom. The van der Waals surface area contributed by atoms with Crippen LogP contribution in [0.5, 0.6) is 0 Å². The molecule has 0 bridgehead atoms. The first-order chi connectivity index (χ1) is 9.66. The van der Waals surface area contributed by atoms with Crippen LogP contribution in [0.4, 0.5) is 18.9 Å². The van der Waals surface area contributed by atoms with Crippen LogP contribution in [0.15, 0.2) is 18.2 Å². The van der Waals surface area contributed by atoms with Crippen LogP contribution >= 0.6 is 0 Å². The highest BCUT2D eigenvalue weighted by molar-refractivity contribution is 5.52. The summed E-state index contributed by atoms with van der Waals surface area (Å²) in [5.41, 5.74) is 0.0345. The number of hydrogen-bond donors (Lipinski definition) is 2. The quantitative estimate of drug-likeness (QED) is 0.848. The SMILES string of the molecule is CC(C)NCc1ccc(N(C)C(C)CO)cc1C(F)(F)F. The molecule has 1 aromatic rings. The van der Waals surface area contributed by atoms with Gasteiger partial charge in [-0.3, -0.25) is 0 Å². The van der Waals surface area contributed by atoms with Crippen molar-refractivity contribution in [2.75, 3.05) is 18.6 Å². The number of nitrogens with one attached hydrogen (secondary N) is 1. The monoisotopic (exact) mass is 304 g/mol. The van der Waals surface area contributed by atoms with E-state index in [-0.39, 0.29) is 30.8 Å². The summed E-state index contributed by atoms with van der Waals surface area (Å²) in [5, 5.41) is 12.1. The van der Waals surface area contributed by atoms with Crippen LogP contribution in [-0.2, 0) is 12.7 Å². The van der Waals surface area contributed by atoms with Crippen molar-refractivity contribution in [3.63, 3.8) is 0 Å². The third-order valence-corrected chi connectivity index (χ3v) is 3.43. The topological polar surface area (TPSA) is 35.5 Å². The molecule has 0 spiro atoms. The molecule has 0 aliphatic heterocycles. The number of halogens is 3. The molecule has 0 aliphatic rings. The zero-order valence-electron chi connectivity index (χ0n) is 12.8. The second kappa shape index (κ2) is 7.13. The fourth-order valence-electron chi connectivity index (χ4n) is 1.89. The Bertz CT molecular complexity index is 461. The minimum absolute atomic E-state index is 0.114. The molecule has 0 aromatic heterocycles. The van der Waals surface area contributed by atoms with Gasteiger partial charge in [0.25, 0.3) is 0 Å². The van der Waals surface area contributed by atoms with E-state index in [1.807, 2.05) is 13.8 Å². The van der Waals surface area contributed by atoms with E-state index in [0.29, 0.717) is 5.69 Å². The molecule has 0 saturated heterocycles. The average molecular weight is 304 g/mol. The van der Waals surface area contributed by atoms with Gasteiger partial charge >= 0.3 is 6.18 Å². The number of aliphatic hydroxyl groups excluding tert-OH is 1. The maximum atomic E-state index is 13.2. The Hall–Kier alpha value is -1.27. The van der Waals surface area contributed by atoms with Crippen molar-refractivity contribution in [3.05, 3.63) is 29.3 Å². The third kappa shape index (κ3) is 4.89. The minimum Gasteiger partial charge on any atom is -0.394 e. The maximum absolute atomic E-state index is 13.2. The van der Waals surface area contributed by atoms with Crippen LogP contribution in [-0.4, -0.2) is 30.8 Å². The van der Waals surface area contributed by atoms with E-state index in [1.165, 1.54) is 6.07 Å². The largest absolute Gasteiger partial charge is 0.416 e. The first-order valence-electron chi connectivity index (χ1n) is 6.94. The lowest BCUT2D eigenvalue weighted by atomic mass is 10.0. The molecule has 0 amide bonds. The van der Waals surface area contributed by atoms with Crippen LogP contribution < -0.4 is 10.2 Å². The average Bonchev–Trinajstić information content (AvgIpc) is 2.42. The van der Waals surface area contributed by atoms with E-state index in [2.05, 4.69) is 5.32 Å². The Kier molecular flexibility index (Phi) is 6.04. The minimum atomic E-state index is -4.40. The lowest BCUT2D eigenvalue weighted by Crippen LogP contribution is -2.32. The van der Waals surface area contributed by atoms with Gasteiger partial charge in [0.2, 0.25) is 0 Å². The maximum Gasteiger partial charge on any atom is 0.416 e. The Balaban J connectivity index is 3.13. The number of hydrogen-bond acceptors (Lipinski definition) is 3. The van der Waals surface area contributed by atoms with E-state index in [1.54, 1.807) is 24.9 Å². The molecular weight excluding hydrogens is 281 g/mol. The lowest BCUT2D eigenvalue weighted by molar-refractivity contribution is -0.138. The molecule has 6 heteroatoms. The predicted octanol–water partition coefficient (Wildman–Crippen LogP) is 3.02. The van der Waals surface area contributed by atoms with Gasteiger partial charge in [-0.1, -0.05) is 19.9 Å². The van der Waals surface area contributed by atoms with Crippen molar-refractivity contribution in [3.8, 4) is 0 Å². The fraction of sp³-hybridized carbons (Fsp3) is 0.600. The molecule has 0 aliphatic carbocycles. The van der Waals surface area contributed by atoms with E-state index in [4.69, 9.17) is 5.11 Å². The van der Waals surface area contributed by atoms with E-state index < -0.39 is 11.7 Å². The molecule has 3 nitrogen and oxygen atoms in total. The first kappa shape index (κ1) is 17.8. The van der Waals surface area contributed by atoms with Crippen LogP contribution in [0.3, 0.4) is 0 Å². The molecule has 1 rings (SSSR count). The molecular formula is C15H23F3N2O. The van der Waals surface area contributed by atoms with Crippen LogP contribution in [0.1, 0.15) is 31.9 Å². The zero-order chi connectivity index (χ0) is 16.2. The summed E-state index contributed by atoms with van der Waals surface area (Å²) in [7, 11) is 1.67. The van der Waals surface area contributed by atoms with Gasteiger partial charge in [0.1, 0.15) is 0 Å². The number of anilines is 1. The summed E-state index contributed by atoms with van der Waals surface area (Å²) in [4.78, 5) is 1.63. The summed E-state index contributed by atoms with van der Waals surface area (Å²) >= 11 is 0. The summed E-state index contributed by atoms with van der Waals surface area (Å²) in [5.74, 6) is 0. The molecule has 120 valence electrons. The molecule has 0 saturated carbocycles. The van der Waals surface area contributed by atoms with Crippen LogP contribution in [0.2, 0.25) is 0 Å². The normalized spacial score (nSPS) is 13.6. The van der Waals surface area contributed by atoms with Crippen molar-refractivity contribution in [1.82, 2.24) is 5.32 Å². The fourth-order valence-corrected chi connectivity index (χ4v) is 1.89. The molecule has 21 heavy (non-hydrogen) atoms. The smallest absolute Gasteiger partial charge is 0.394 e. The van der Waals surface area contributed by atoms with Crippen LogP contribution in [0.25, 0.3) is 0 Å². The number of aliphatic hydroxyl groups is 1. The molecule has 0 heterocycles. The number of likely N-dealkylation sites (N-methyl/N-ethyl adjacent to an activating group) is 1. The van der Waals surface area contributed by atoms with Gasteiger partial charge in [0, 0.05) is 31.4 Å². The van der Waals surface area contributed by atoms with Crippen LogP contribution in [0, 0.1) is 0 Å². The highest BCUT2D eigenvalue weighted by atomic mass is 19.4. The predicted molar refractivity (Wildman–Crippen MR) is 78.4 cm³/mol. The van der Waals surface area contributed by atoms with Crippen molar-refractivity contribution >= 4 is 5.69 Å². The van der Waals surface area contributed by atoms with Gasteiger partial charge in [0.05, 0.1) is 12.2 Å².